The molecule has 0 spiro atoms. The highest BCUT2D eigenvalue weighted by Gasteiger charge is 2.13. The lowest BCUT2D eigenvalue weighted by Crippen LogP contribution is -2.24. The number of hydrogen-bond donors (Lipinski definition) is 1. The summed E-state index contributed by atoms with van der Waals surface area (Å²) < 4.78 is 16.6. The third-order valence-electron chi connectivity index (χ3n) is 2.91. The van der Waals surface area contributed by atoms with Gasteiger partial charge < -0.3 is 19.2 Å². The minimum absolute atomic E-state index is 0.274. The van der Waals surface area contributed by atoms with Gasteiger partial charge in [-0.15, -0.1) is 0 Å². The van der Waals surface area contributed by atoms with Gasteiger partial charge in [0.15, 0.2) is 0 Å². The molecule has 0 radical (unpaired) electrons. The molecule has 2 rings (SSSR count). The van der Waals surface area contributed by atoms with Crippen LogP contribution in [0.5, 0.6) is 0 Å². The van der Waals surface area contributed by atoms with Gasteiger partial charge in [-0.1, -0.05) is 0 Å². The molecule has 1 aromatic rings. The molecule has 96 valence electrons. The quantitative estimate of drug-likeness (QED) is 0.825. The summed E-state index contributed by atoms with van der Waals surface area (Å²) in [6.45, 7) is 2.90. The molecule has 1 N–H and O–H groups in total. The first-order chi connectivity index (χ1) is 8.38. The molecule has 0 aliphatic carbocycles. The molecule has 0 aromatic carbocycles. The van der Waals surface area contributed by atoms with Crippen LogP contribution in [-0.2, 0) is 22.6 Å². The Labute approximate surface area is 102 Å². The molecular weight excluding hydrogens is 218 g/mol. The lowest BCUT2D eigenvalue weighted by molar-refractivity contribution is -0.0472. The van der Waals surface area contributed by atoms with Gasteiger partial charge in [0.1, 0.15) is 12.4 Å². The van der Waals surface area contributed by atoms with E-state index >= 15 is 0 Å². The second kappa shape index (κ2) is 6.79. The van der Waals surface area contributed by atoms with Crippen LogP contribution < -0.4 is 5.32 Å². The summed E-state index contributed by atoms with van der Waals surface area (Å²) in [6, 6.07) is 2.03. The summed E-state index contributed by atoms with van der Waals surface area (Å²) in [6.07, 6.45) is 5.59. The monoisotopic (exact) mass is 239 g/mol. The van der Waals surface area contributed by atoms with Gasteiger partial charge in [0.2, 0.25) is 0 Å². The van der Waals surface area contributed by atoms with Crippen molar-refractivity contribution < 1.29 is 13.9 Å². The van der Waals surface area contributed by atoms with Crippen LogP contribution in [0.2, 0.25) is 0 Å². The maximum atomic E-state index is 5.61. The lowest BCUT2D eigenvalue weighted by Gasteiger charge is -2.21. The Bertz CT molecular complexity index is 318. The van der Waals surface area contributed by atoms with Crippen LogP contribution in [0.25, 0.3) is 0 Å². The van der Waals surface area contributed by atoms with Crippen molar-refractivity contribution in [2.75, 3.05) is 20.3 Å². The first kappa shape index (κ1) is 12.6. The first-order valence-corrected chi connectivity index (χ1v) is 6.28. The fraction of sp³-hybridized carbons (Fsp3) is 0.692. The molecule has 4 nitrogen and oxygen atoms in total. The van der Waals surface area contributed by atoms with E-state index in [0.29, 0.717) is 13.2 Å². The van der Waals surface area contributed by atoms with Gasteiger partial charge in [0.05, 0.1) is 19.0 Å². The average Bonchev–Trinajstić information content (AvgIpc) is 2.79. The van der Waals surface area contributed by atoms with Gasteiger partial charge in [0.25, 0.3) is 0 Å². The van der Waals surface area contributed by atoms with Crippen LogP contribution in [0.3, 0.4) is 0 Å². The molecule has 0 amide bonds. The molecule has 17 heavy (non-hydrogen) atoms. The predicted molar refractivity (Wildman–Crippen MR) is 64.7 cm³/mol. The van der Waals surface area contributed by atoms with Crippen molar-refractivity contribution in [3.8, 4) is 0 Å². The summed E-state index contributed by atoms with van der Waals surface area (Å²) in [4.78, 5) is 0. The van der Waals surface area contributed by atoms with E-state index < -0.39 is 0 Å². The van der Waals surface area contributed by atoms with Crippen LogP contribution in [0.4, 0.5) is 0 Å². The number of hydrogen-bond acceptors (Lipinski definition) is 4. The Morgan fingerprint density at radius 1 is 1.47 bits per heavy atom. The fourth-order valence-electron chi connectivity index (χ4n) is 2.03. The highest BCUT2D eigenvalue weighted by atomic mass is 16.5. The standard InChI is InChI=1S/C13H21NO3/c1-14-7-11-6-13(17-8-11)10-15-9-12-4-2-3-5-16-12/h6,8,12,14H,2-5,7,9-10H2,1H3. The topological polar surface area (TPSA) is 43.6 Å². The molecule has 1 unspecified atom stereocenters. The van der Waals surface area contributed by atoms with Gasteiger partial charge >= 0.3 is 0 Å². The van der Waals surface area contributed by atoms with E-state index in [1.165, 1.54) is 12.8 Å². The zero-order valence-corrected chi connectivity index (χ0v) is 10.4. The Morgan fingerprint density at radius 2 is 2.41 bits per heavy atom. The van der Waals surface area contributed by atoms with E-state index in [0.717, 1.165) is 30.9 Å². The van der Waals surface area contributed by atoms with Crippen molar-refractivity contribution in [1.82, 2.24) is 5.32 Å². The summed E-state index contributed by atoms with van der Waals surface area (Å²) >= 11 is 0. The minimum Gasteiger partial charge on any atom is -0.467 e. The summed E-state index contributed by atoms with van der Waals surface area (Å²) in [5.41, 5.74) is 1.15. The van der Waals surface area contributed by atoms with Crippen molar-refractivity contribution >= 4 is 0 Å². The number of rotatable bonds is 6. The Kier molecular flexibility index (Phi) is 5.04. The smallest absolute Gasteiger partial charge is 0.129 e. The van der Waals surface area contributed by atoms with Gasteiger partial charge in [0, 0.05) is 18.7 Å². The highest BCUT2D eigenvalue weighted by Crippen LogP contribution is 2.14. The van der Waals surface area contributed by atoms with E-state index in [4.69, 9.17) is 13.9 Å². The second-order valence-corrected chi connectivity index (χ2v) is 4.46. The van der Waals surface area contributed by atoms with E-state index in [1.54, 1.807) is 6.26 Å². The van der Waals surface area contributed by atoms with Crippen LogP contribution in [0.15, 0.2) is 16.7 Å². The fourth-order valence-corrected chi connectivity index (χ4v) is 2.03. The minimum atomic E-state index is 0.274. The molecule has 1 aromatic heterocycles. The molecule has 1 aliphatic rings. The van der Waals surface area contributed by atoms with E-state index in [-0.39, 0.29) is 6.10 Å². The zero-order valence-electron chi connectivity index (χ0n) is 10.4. The van der Waals surface area contributed by atoms with Crippen molar-refractivity contribution in [3.05, 3.63) is 23.7 Å². The third kappa shape index (κ3) is 4.15. The van der Waals surface area contributed by atoms with Gasteiger partial charge in [-0.3, -0.25) is 0 Å². The molecular formula is C13H21NO3. The molecule has 1 aliphatic heterocycles. The van der Waals surface area contributed by atoms with E-state index in [2.05, 4.69) is 5.32 Å². The van der Waals surface area contributed by atoms with Gasteiger partial charge in [-0.2, -0.15) is 0 Å². The average molecular weight is 239 g/mol. The van der Waals surface area contributed by atoms with E-state index in [9.17, 15) is 0 Å². The largest absolute Gasteiger partial charge is 0.467 e. The Morgan fingerprint density at radius 3 is 3.18 bits per heavy atom. The lowest BCUT2D eigenvalue weighted by atomic mass is 10.1. The molecule has 1 saturated heterocycles. The van der Waals surface area contributed by atoms with Crippen LogP contribution in [-0.4, -0.2) is 26.4 Å². The van der Waals surface area contributed by atoms with Crippen LogP contribution >= 0.6 is 0 Å². The summed E-state index contributed by atoms with van der Waals surface area (Å²) in [5, 5.41) is 3.08. The molecule has 4 heteroatoms. The highest BCUT2D eigenvalue weighted by molar-refractivity contribution is 5.11. The van der Waals surface area contributed by atoms with E-state index in [1.807, 2.05) is 13.1 Å². The van der Waals surface area contributed by atoms with Crippen LogP contribution in [0, 0.1) is 0 Å². The molecule has 1 atom stereocenters. The molecule has 2 heterocycles. The van der Waals surface area contributed by atoms with Crippen molar-refractivity contribution in [3.63, 3.8) is 0 Å². The second-order valence-electron chi connectivity index (χ2n) is 4.46. The SMILES string of the molecule is CNCc1coc(COCC2CCCCO2)c1. The van der Waals surface area contributed by atoms with Crippen LogP contribution in [0.1, 0.15) is 30.6 Å². The van der Waals surface area contributed by atoms with Crippen molar-refractivity contribution in [1.29, 1.82) is 0 Å². The number of furan rings is 1. The Hall–Kier alpha value is -0.840. The first-order valence-electron chi connectivity index (χ1n) is 6.28. The van der Waals surface area contributed by atoms with Gasteiger partial charge in [-0.25, -0.2) is 0 Å². The van der Waals surface area contributed by atoms with Gasteiger partial charge in [-0.05, 0) is 32.4 Å². The number of nitrogens with one attached hydrogen (secondary N) is 1. The third-order valence-corrected chi connectivity index (χ3v) is 2.91. The maximum Gasteiger partial charge on any atom is 0.129 e. The number of ether oxygens (including phenoxy) is 2. The zero-order chi connectivity index (χ0) is 11.9. The molecule has 0 bridgehead atoms. The van der Waals surface area contributed by atoms with Crippen molar-refractivity contribution in [2.45, 2.75) is 38.5 Å². The predicted octanol–water partition coefficient (Wildman–Crippen LogP) is 2.08. The Balaban J connectivity index is 1.66. The maximum absolute atomic E-state index is 5.61. The summed E-state index contributed by atoms with van der Waals surface area (Å²) in [5.74, 6) is 0.881. The molecule has 1 fully saturated rings. The normalized spacial score (nSPS) is 20.6. The summed E-state index contributed by atoms with van der Waals surface area (Å²) in [7, 11) is 1.92. The molecule has 0 saturated carbocycles. The van der Waals surface area contributed by atoms with Crippen molar-refractivity contribution in [2.24, 2.45) is 0 Å².